The number of benzene rings is 3. The van der Waals surface area contributed by atoms with Gasteiger partial charge < -0.3 is 10.2 Å². The highest BCUT2D eigenvalue weighted by Gasteiger charge is 2.40. The summed E-state index contributed by atoms with van der Waals surface area (Å²) in [6, 6.07) is 21.8. The number of carbonyl (C=O) groups is 3. The zero-order valence-electron chi connectivity index (χ0n) is 23.1. The Morgan fingerprint density at radius 1 is 0.927 bits per heavy atom. The smallest absolute Gasteiger partial charge is 0.269 e. The molecule has 0 fully saturated rings. The van der Waals surface area contributed by atoms with E-state index in [1.165, 1.54) is 12.1 Å². The second-order valence-corrected chi connectivity index (χ2v) is 12.7. The van der Waals surface area contributed by atoms with Gasteiger partial charge in [0.25, 0.3) is 15.9 Å². The maximum Gasteiger partial charge on any atom is 0.269 e. The Labute approximate surface area is 246 Å². The quantitative estimate of drug-likeness (QED) is 0.327. The topological polar surface area (TPSA) is 104 Å². The van der Waals surface area contributed by atoms with E-state index >= 15 is 0 Å². The predicted octanol–water partition coefficient (Wildman–Crippen LogP) is 4.68. The molecule has 0 radical (unpaired) electrons. The molecular formula is C31H34ClN3O5S. The summed E-state index contributed by atoms with van der Waals surface area (Å²) in [6.45, 7) is 4.47. The van der Waals surface area contributed by atoms with Crippen molar-refractivity contribution in [2.24, 2.45) is 5.92 Å². The van der Waals surface area contributed by atoms with Crippen LogP contribution < -0.4 is 5.32 Å². The molecule has 0 saturated heterocycles. The molecule has 1 N–H and O–H groups in total. The first-order chi connectivity index (χ1) is 19.6. The van der Waals surface area contributed by atoms with Gasteiger partial charge in [-0.05, 0) is 47.7 Å². The Kier molecular flexibility index (Phi) is 9.83. The van der Waals surface area contributed by atoms with Crippen molar-refractivity contribution in [2.75, 3.05) is 13.1 Å². The molecule has 1 aliphatic rings. The summed E-state index contributed by atoms with van der Waals surface area (Å²) in [5, 5.41) is 3.53. The van der Waals surface area contributed by atoms with Gasteiger partial charge in [0.05, 0.1) is 5.56 Å². The van der Waals surface area contributed by atoms with Crippen molar-refractivity contribution in [1.82, 2.24) is 14.5 Å². The number of hydrogen-bond acceptors (Lipinski definition) is 5. The van der Waals surface area contributed by atoms with E-state index in [2.05, 4.69) is 5.32 Å². The Balaban J connectivity index is 1.56. The molecule has 8 nitrogen and oxygen atoms in total. The molecule has 0 spiro atoms. The standard InChI is InChI=1S/C31H34ClN3O5S/c1-22(2)20-33-30(37)27(19-23-9-4-3-5-10-23)34(21-24-14-16-25(32)17-15-24)29(36)13-8-18-35-31(38)26-11-6-7-12-28(26)41(35,39)40/h3-7,9-12,14-17,22,27H,8,13,18-21H2,1-2H3,(H,33,37)/t27-/m1/s1. The molecule has 1 atom stereocenters. The van der Waals surface area contributed by atoms with E-state index in [1.54, 1.807) is 41.3 Å². The number of nitrogens with one attached hydrogen (secondary N) is 1. The van der Waals surface area contributed by atoms with Crippen LogP contribution in [-0.4, -0.2) is 54.5 Å². The maximum atomic E-state index is 13.8. The molecule has 1 aliphatic heterocycles. The Morgan fingerprint density at radius 2 is 1.59 bits per heavy atom. The van der Waals surface area contributed by atoms with E-state index in [1.807, 2.05) is 44.2 Å². The number of halogens is 1. The van der Waals surface area contributed by atoms with Gasteiger partial charge in [-0.15, -0.1) is 0 Å². The minimum Gasteiger partial charge on any atom is -0.354 e. The Hall–Kier alpha value is -3.69. The van der Waals surface area contributed by atoms with Crippen LogP contribution in [0.25, 0.3) is 0 Å². The molecule has 0 aliphatic carbocycles. The van der Waals surface area contributed by atoms with Crippen molar-refractivity contribution in [3.8, 4) is 0 Å². The van der Waals surface area contributed by atoms with E-state index in [0.29, 0.717) is 18.0 Å². The van der Waals surface area contributed by atoms with Gasteiger partial charge in [-0.2, -0.15) is 0 Å². The monoisotopic (exact) mass is 595 g/mol. The first-order valence-electron chi connectivity index (χ1n) is 13.6. The van der Waals surface area contributed by atoms with E-state index in [-0.39, 0.29) is 54.1 Å². The molecule has 216 valence electrons. The molecule has 1 heterocycles. The second kappa shape index (κ2) is 13.3. The average molecular weight is 596 g/mol. The minimum atomic E-state index is -3.97. The molecule has 3 amide bonds. The number of amides is 3. The highest BCUT2D eigenvalue weighted by molar-refractivity contribution is 7.90. The summed E-state index contributed by atoms with van der Waals surface area (Å²) in [7, 11) is -3.97. The van der Waals surface area contributed by atoms with Crippen molar-refractivity contribution in [2.45, 2.75) is 50.6 Å². The maximum absolute atomic E-state index is 13.8. The van der Waals surface area contributed by atoms with Gasteiger partial charge in [0.15, 0.2) is 0 Å². The third kappa shape index (κ3) is 7.34. The molecule has 10 heteroatoms. The molecule has 41 heavy (non-hydrogen) atoms. The molecule has 0 unspecified atom stereocenters. The third-order valence-corrected chi connectivity index (χ3v) is 8.98. The van der Waals surface area contributed by atoms with Crippen LogP contribution >= 0.6 is 11.6 Å². The van der Waals surface area contributed by atoms with Crippen LogP contribution in [0.1, 0.15) is 48.2 Å². The van der Waals surface area contributed by atoms with Crippen LogP contribution in [0.3, 0.4) is 0 Å². The van der Waals surface area contributed by atoms with E-state index < -0.39 is 22.0 Å². The van der Waals surface area contributed by atoms with E-state index in [4.69, 9.17) is 11.6 Å². The summed E-state index contributed by atoms with van der Waals surface area (Å²) in [4.78, 5) is 41.6. The van der Waals surface area contributed by atoms with Crippen LogP contribution in [0.5, 0.6) is 0 Å². The molecular weight excluding hydrogens is 562 g/mol. The number of nitrogens with zero attached hydrogens (tertiary/aromatic N) is 2. The zero-order chi connectivity index (χ0) is 29.6. The first kappa shape index (κ1) is 30.3. The second-order valence-electron chi connectivity index (χ2n) is 10.5. The number of hydrogen-bond donors (Lipinski definition) is 1. The normalized spacial score (nSPS) is 14.5. The highest BCUT2D eigenvalue weighted by atomic mass is 35.5. The van der Waals surface area contributed by atoms with Gasteiger partial charge in [-0.25, -0.2) is 12.7 Å². The van der Waals surface area contributed by atoms with Crippen molar-refractivity contribution in [1.29, 1.82) is 0 Å². The number of rotatable bonds is 12. The Morgan fingerprint density at radius 3 is 2.24 bits per heavy atom. The molecule has 3 aromatic carbocycles. The fraction of sp³-hybridized carbons (Fsp3) is 0.323. The zero-order valence-corrected chi connectivity index (χ0v) is 24.7. The first-order valence-corrected chi connectivity index (χ1v) is 15.4. The van der Waals surface area contributed by atoms with Gasteiger partial charge in [-0.3, -0.25) is 14.4 Å². The lowest BCUT2D eigenvalue weighted by atomic mass is 10.0. The van der Waals surface area contributed by atoms with Crippen molar-refractivity contribution < 1.29 is 22.8 Å². The summed E-state index contributed by atoms with van der Waals surface area (Å²) < 4.78 is 26.7. The summed E-state index contributed by atoms with van der Waals surface area (Å²) in [5.41, 5.74) is 1.83. The summed E-state index contributed by atoms with van der Waals surface area (Å²) in [6.07, 6.45) is 0.366. The SMILES string of the molecule is CC(C)CNC(=O)[C@@H](Cc1ccccc1)N(Cc1ccc(Cl)cc1)C(=O)CCCN1C(=O)c2ccccc2S1(=O)=O. The highest BCUT2D eigenvalue weighted by Crippen LogP contribution is 2.30. The molecule has 0 aromatic heterocycles. The van der Waals surface area contributed by atoms with Gasteiger partial charge in [-0.1, -0.05) is 80.0 Å². The molecule has 0 saturated carbocycles. The number of sulfonamides is 1. The van der Waals surface area contributed by atoms with E-state index in [9.17, 15) is 22.8 Å². The van der Waals surface area contributed by atoms with E-state index in [0.717, 1.165) is 15.4 Å². The molecule has 3 aromatic rings. The Bertz CT molecular complexity index is 1490. The average Bonchev–Trinajstić information content (AvgIpc) is 3.15. The summed E-state index contributed by atoms with van der Waals surface area (Å²) in [5.74, 6) is -0.957. The number of carbonyl (C=O) groups excluding carboxylic acids is 3. The van der Waals surface area contributed by atoms with Crippen molar-refractivity contribution in [3.63, 3.8) is 0 Å². The lowest BCUT2D eigenvalue weighted by Crippen LogP contribution is -2.51. The van der Waals surface area contributed by atoms with Crippen LogP contribution in [-0.2, 0) is 32.6 Å². The fourth-order valence-corrected chi connectivity index (χ4v) is 6.47. The van der Waals surface area contributed by atoms with Crippen molar-refractivity contribution >= 4 is 39.3 Å². The van der Waals surface area contributed by atoms with Gasteiger partial charge >= 0.3 is 0 Å². The lowest BCUT2D eigenvalue weighted by molar-refractivity contribution is -0.141. The largest absolute Gasteiger partial charge is 0.354 e. The molecule has 0 bridgehead atoms. The number of fused-ring (bicyclic) bond motifs is 1. The van der Waals surface area contributed by atoms with Crippen LogP contribution in [0, 0.1) is 5.92 Å². The van der Waals surface area contributed by atoms with Gasteiger partial charge in [0, 0.05) is 37.5 Å². The molecule has 4 rings (SSSR count). The van der Waals surface area contributed by atoms with Crippen molar-refractivity contribution in [3.05, 3.63) is 101 Å². The predicted molar refractivity (Wildman–Crippen MR) is 158 cm³/mol. The van der Waals surface area contributed by atoms with Gasteiger partial charge in [0.1, 0.15) is 10.9 Å². The third-order valence-electron chi connectivity index (χ3n) is 6.89. The van der Waals surface area contributed by atoms with Crippen LogP contribution in [0.4, 0.5) is 0 Å². The van der Waals surface area contributed by atoms with Crippen LogP contribution in [0.15, 0.2) is 83.8 Å². The van der Waals surface area contributed by atoms with Gasteiger partial charge in [0.2, 0.25) is 11.8 Å². The minimum absolute atomic E-state index is 0.0227. The fourth-order valence-electron chi connectivity index (χ4n) is 4.73. The van der Waals surface area contributed by atoms with Crippen LogP contribution in [0.2, 0.25) is 5.02 Å². The lowest BCUT2D eigenvalue weighted by Gasteiger charge is -2.32. The summed E-state index contributed by atoms with van der Waals surface area (Å²) >= 11 is 6.08.